The summed E-state index contributed by atoms with van der Waals surface area (Å²) in [5.74, 6) is -4.41. The Morgan fingerprint density at radius 1 is 1.26 bits per heavy atom. The Kier molecular flexibility index (Phi) is 6.70. The Hall–Kier alpha value is -2.46. The lowest BCUT2D eigenvalue weighted by Gasteiger charge is -2.24. The molecule has 0 radical (unpaired) electrons. The molecule has 2 fully saturated rings. The maximum absolute atomic E-state index is 13.7. The van der Waals surface area contributed by atoms with E-state index in [1.54, 1.807) is 0 Å². The van der Waals surface area contributed by atoms with E-state index < -0.39 is 39.5 Å². The molecule has 1 heterocycles. The van der Waals surface area contributed by atoms with Gasteiger partial charge in [-0.25, -0.2) is 8.78 Å². The second kappa shape index (κ2) is 8.96. The number of amides is 3. The normalized spacial score (nSPS) is 21.5. The number of nitrogens with one attached hydrogen (secondary N) is 3. The number of rotatable bonds is 8. The van der Waals surface area contributed by atoms with Crippen molar-refractivity contribution in [3.8, 4) is 0 Å². The molecule has 168 valence electrons. The molecule has 1 saturated carbocycles. The van der Waals surface area contributed by atoms with Crippen LogP contribution in [0.15, 0.2) is 12.1 Å². The van der Waals surface area contributed by atoms with E-state index >= 15 is 0 Å². The summed E-state index contributed by atoms with van der Waals surface area (Å²) in [4.78, 5) is 37.9. The third-order valence-electron chi connectivity index (χ3n) is 5.36. The minimum absolute atomic E-state index is 0.0284. The molecular formula is C19H21Cl2F2N5O3. The van der Waals surface area contributed by atoms with E-state index in [1.165, 1.54) is 4.90 Å². The largest absolute Gasteiger partial charge is 0.376 e. The molecular weight excluding hydrogens is 455 g/mol. The lowest BCUT2D eigenvalue weighted by Crippen LogP contribution is -2.48. The second-order valence-electron chi connectivity index (χ2n) is 7.56. The summed E-state index contributed by atoms with van der Waals surface area (Å²) < 4.78 is 26.4. The van der Waals surface area contributed by atoms with E-state index in [0.717, 1.165) is 6.07 Å². The number of carbonyl (C=O) groups excluding carboxylic acids is 3. The quantitative estimate of drug-likeness (QED) is 0.335. The van der Waals surface area contributed by atoms with Crippen LogP contribution in [0, 0.1) is 23.0 Å². The van der Waals surface area contributed by atoms with Crippen LogP contribution in [0.5, 0.6) is 0 Å². The number of anilines is 1. The maximum atomic E-state index is 13.7. The first-order chi connectivity index (χ1) is 14.5. The summed E-state index contributed by atoms with van der Waals surface area (Å²) in [6.45, 7) is 0.317. The van der Waals surface area contributed by atoms with Gasteiger partial charge in [0.1, 0.15) is 16.1 Å². The fourth-order valence-corrected chi connectivity index (χ4v) is 4.00. The monoisotopic (exact) mass is 475 g/mol. The number of hydrogen-bond acceptors (Lipinski definition) is 5. The summed E-state index contributed by atoms with van der Waals surface area (Å²) in [6.07, 6.45) is 1.70. The summed E-state index contributed by atoms with van der Waals surface area (Å²) in [7, 11) is 0. The molecule has 8 nitrogen and oxygen atoms in total. The van der Waals surface area contributed by atoms with E-state index in [4.69, 9.17) is 34.3 Å². The van der Waals surface area contributed by atoms with Crippen molar-refractivity contribution in [2.24, 2.45) is 11.7 Å². The van der Waals surface area contributed by atoms with Crippen molar-refractivity contribution in [1.29, 1.82) is 5.41 Å². The molecule has 0 bridgehead atoms. The second-order valence-corrected chi connectivity index (χ2v) is 9.10. The highest BCUT2D eigenvalue weighted by Gasteiger charge is 2.51. The van der Waals surface area contributed by atoms with Crippen molar-refractivity contribution in [3.63, 3.8) is 0 Å². The molecule has 1 aliphatic heterocycles. The van der Waals surface area contributed by atoms with Crippen LogP contribution >= 0.6 is 23.2 Å². The summed E-state index contributed by atoms with van der Waals surface area (Å²) in [5.41, 5.74) is 3.92. The van der Waals surface area contributed by atoms with Crippen molar-refractivity contribution in [2.45, 2.75) is 29.6 Å². The third kappa shape index (κ3) is 5.24. The van der Waals surface area contributed by atoms with Gasteiger partial charge >= 0.3 is 0 Å². The minimum Gasteiger partial charge on any atom is -0.376 e. The van der Waals surface area contributed by atoms with E-state index in [9.17, 15) is 23.2 Å². The lowest BCUT2D eigenvalue weighted by molar-refractivity contribution is -0.137. The van der Waals surface area contributed by atoms with Crippen molar-refractivity contribution >= 4 is 52.3 Å². The number of alkyl halides is 2. The predicted molar refractivity (Wildman–Crippen MR) is 111 cm³/mol. The van der Waals surface area contributed by atoms with Crippen molar-refractivity contribution in [3.05, 3.63) is 29.3 Å². The number of nitrogens with two attached hydrogens (primary N) is 1. The first kappa shape index (κ1) is 23.2. The van der Waals surface area contributed by atoms with Crippen LogP contribution in [0.1, 0.15) is 24.8 Å². The summed E-state index contributed by atoms with van der Waals surface area (Å²) in [6, 6.07) is 0.734. The summed E-state index contributed by atoms with van der Waals surface area (Å²) in [5, 5.41) is 13.0. The molecule has 3 amide bonds. The fourth-order valence-electron chi connectivity index (χ4n) is 3.48. The highest BCUT2D eigenvalue weighted by atomic mass is 35.5. The number of benzene rings is 1. The average molecular weight is 476 g/mol. The van der Waals surface area contributed by atoms with Crippen LogP contribution in [0.3, 0.4) is 0 Å². The number of nitrogens with zero attached hydrogens (tertiary/aromatic N) is 1. The number of likely N-dealkylation sites (tertiary alicyclic amines) is 1. The van der Waals surface area contributed by atoms with Gasteiger partial charge < -0.3 is 21.3 Å². The molecule has 1 saturated heterocycles. The molecule has 2 atom stereocenters. The van der Waals surface area contributed by atoms with Gasteiger partial charge in [-0.05, 0) is 25.3 Å². The van der Waals surface area contributed by atoms with Crippen LogP contribution in [-0.2, 0) is 14.4 Å². The summed E-state index contributed by atoms with van der Waals surface area (Å²) >= 11 is 11.9. The molecule has 1 aliphatic carbocycles. The van der Waals surface area contributed by atoms with E-state index in [-0.39, 0.29) is 29.6 Å². The Balaban J connectivity index is 1.63. The lowest BCUT2D eigenvalue weighted by atomic mass is 10.1. The molecule has 0 unspecified atom stereocenters. The molecule has 1 aromatic carbocycles. The Labute approximate surface area is 186 Å². The molecule has 2 aliphatic rings. The highest BCUT2D eigenvalue weighted by Crippen LogP contribution is 2.52. The van der Waals surface area contributed by atoms with Gasteiger partial charge in [0.05, 0.1) is 6.54 Å². The zero-order valence-corrected chi connectivity index (χ0v) is 17.8. The van der Waals surface area contributed by atoms with Crippen molar-refractivity contribution < 1.29 is 23.2 Å². The van der Waals surface area contributed by atoms with Crippen molar-refractivity contribution in [2.75, 3.05) is 25.0 Å². The van der Waals surface area contributed by atoms with Crippen LogP contribution < -0.4 is 16.4 Å². The van der Waals surface area contributed by atoms with Gasteiger partial charge in [-0.3, -0.25) is 19.8 Å². The Bertz CT molecular complexity index is 943. The number of halogens is 4. The van der Waals surface area contributed by atoms with Gasteiger partial charge in [0.15, 0.2) is 11.6 Å². The zero-order chi connectivity index (χ0) is 22.9. The standard InChI is InChI=1S/C19H21Cl2F2N5O3/c20-19(21)6-9(19)7-27-18(31)14-2-1-3-28(14)15(29)8-26-13-5-12(23)11(22)4-10(13)16(24)17(25)30/h4-5,9,14,24,26H,1-3,6-8H2,(H2,25,30)(H,27,31)/t9-,14+/m1/s1. The maximum Gasteiger partial charge on any atom is 0.267 e. The van der Waals surface area contributed by atoms with Crippen LogP contribution in [-0.4, -0.2) is 58.3 Å². The van der Waals surface area contributed by atoms with E-state index in [1.807, 2.05) is 0 Å². The molecule has 5 N–H and O–H groups in total. The fraction of sp³-hybridized carbons (Fsp3) is 0.474. The van der Waals surface area contributed by atoms with Gasteiger partial charge in [-0.1, -0.05) is 0 Å². The first-order valence-corrected chi connectivity index (χ1v) is 10.3. The Morgan fingerprint density at radius 2 is 1.90 bits per heavy atom. The molecule has 0 spiro atoms. The van der Waals surface area contributed by atoms with Gasteiger partial charge in [-0.15, -0.1) is 23.2 Å². The van der Waals surface area contributed by atoms with Gasteiger partial charge in [0, 0.05) is 36.3 Å². The Morgan fingerprint density at radius 3 is 2.52 bits per heavy atom. The van der Waals surface area contributed by atoms with Gasteiger partial charge in [0.25, 0.3) is 5.91 Å². The zero-order valence-electron chi connectivity index (χ0n) is 16.3. The van der Waals surface area contributed by atoms with E-state index in [0.29, 0.717) is 38.4 Å². The molecule has 1 aromatic rings. The number of primary amides is 1. The number of carbonyl (C=O) groups is 3. The highest BCUT2D eigenvalue weighted by molar-refractivity contribution is 6.50. The smallest absolute Gasteiger partial charge is 0.267 e. The van der Waals surface area contributed by atoms with E-state index in [2.05, 4.69) is 10.6 Å². The van der Waals surface area contributed by atoms with Gasteiger partial charge in [-0.2, -0.15) is 0 Å². The predicted octanol–water partition coefficient (Wildman–Crippen LogP) is 1.53. The van der Waals surface area contributed by atoms with Crippen LogP contribution in [0.4, 0.5) is 14.5 Å². The molecule has 31 heavy (non-hydrogen) atoms. The van der Waals surface area contributed by atoms with Crippen molar-refractivity contribution in [1.82, 2.24) is 10.2 Å². The molecule has 0 aromatic heterocycles. The minimum atomic E-state index is -1.26. The van der Waals surface area contributed by atoms with Gasteiger partial charge in [0.2, 0.25) is 11.8 Å². The SMILES string of the molecule is N=C(C(N)=O)c1cc(F)c(F)cc1NCC(=O)N1CCC[C@H]1C(=O)NC[C@H]1CC1(Cl)Cl. The molecule has 3 rings (SSSR count). The topological polar surface area (TPSA) is 128 Å². The average Bonchev–Trinajstić information content (AvgIpc) is 3.09. The third-order valence-corrected chi connectivity index (χ3v) is 6.29. The number of hydrogen-bond donors (Lipinski definition) is 4. The van der Waals surface area contributed by atoms with Crippen LogP contribution in [0.25, 0.3) is 0 Å². The molecule has 12 heteroatoms. The first-order valence-electron chi connectivity index (χ1n) is 9.58. The van der Waals surface area contributed by atoms with Crippen LogP contribution in [0.2, 0.25) is 0 Å².